The van der Waals surface area contributed by atoms with E-state index >= 15 is 0 Å². The fraction of sp³-hybridized carbons (Fsp3) is 0.385. The first kappa shape index (κ1) is 13.0. The molecule has 0 atom stereocenters. The Bertz CT molecular complexity index is 480. The van der Waals surface area contributed by atoms with Crippen LogP contribution in [0.1, 0.15) is 30.0 Å². The highest BCUT2D eigenvalue weighted by molar-refractivity contribution is 5.71. The molecule has 0 heterocycles. The van der Waals surface area contributed by atoms with E-state index in [0.29, 0.717) is 17.8 Å². The Morgan fingerprint density at radius 2 is 1.53 bits per heavy atom. The van der Waals surface area contributed by atoms with Crippen molar-refractivity contribution in [2.24, 2.45) is 9.98 Å². The standard InChI is InChI=1S/C13H14N2O2/c1-4-5-11-12(14-7-16)9(2)6-10(3)13(11)15-8-17/h6H,4-5H2,1-3H3. The lowest BCUT2D eigenvalue weighted by Gasteiger charge is -2.12. The summed E-state index contributed by atoms with van der Waals surface area (Å²) in [7, 11) is 0. The van der Waals surface area contributed by atoms with Gasteiger partial charge in [0.25, 0.3) is 0 Å². The molecule has 0 saturated heterocycles. The van der Waals surface area contributed by atoms with Crippen LogP contribution in [0.2, 0.25) is 0 Å². The van der Waals surface area contributed by atoms with Crippen LogP contribution in [0.4, 0.5) is 11.4 Å². The van der Waals surface area contributed by atoms with E-state index in [4.69, 9.17) is 0 Å². The molecular formula is C13H14N2O2. The fourth-order valence-corrected chi connectivity index (χ4v) is 1.94. The van der Waals surface area contributed by atoms with Gasteiger partial charge in [0.05, 0.1) is 11.4 Å². The van der Waals surface area contributed by atoms with E-state index in [-0.39, 0.29) is 0 Å². The maximum absolute atomic E-state index is 10.4. The van der Waals surface area contributed by atoms with Gasteiger partial charge in [-0.2, -0.15) is 9.98 Å². The Hall–Kier alpha value is -2.02. The van der Waals surface area contributed by atoms with Crippen LogP contribution in [0.3, 0.4) is 0 Å². The molecule has 1 aromatic rings. The van der Waals surface area contributed by atoms with Gasteiger partial charge < -0.3 is 0 Å². The molecule has 0 aliphatic carbocycles. The SMILES string of the molecule is CCCc1c(N=C=O)c(C)cc(C)c1N=C=O. The first-order valence-electron chi connectivity index (χ1n) is 5.44. The summed E-state index contributed by atoms with van der Waals surface area (Å²) in [5.41, 5.74) is 3.73. The Morgan fingerprint density at radius 3 is 1.88 bits per heavy atom. The minimum atomic E-state index is 0.571. The van der Waals surface area contributed by atoms with Crippen LogP contribution in [0, 0.1) is 13.8 Å². The second-order valence-electron chi connectivity index (χ2n) is 3.84. The molecule has 0 amide bonds. The Balaban J connectivity index is 3.63. The van der Waals surface area contributed by atoms with E-state index in [1.807, 2.05) is 26.8 Å². The van der Waals surface area contributed by atoms with Crippen molar-refractivity contribution in [1.82, 2.24) is 0 Å². The summed E-state index contributed by atoms with van der Waals surface area (Å²) >= 11 is 0. The van der Waals surface area contributed by atoms with Gasteiger partial charge in [-0.05, 0) is 31.4 Å². The molecule has 0 saturated carbocycles. The summed E-state index contributed by atoms with van der Waals surface area (Å²) in [5.74, 6) is 0. The largest absolute Gasteiger partial charge is 0.240 e. The van der Waals surface area contributed by atoms with Gasteiger partial charge in [0.2, 0.25) is 12.2 Å². The third kappa shape index (κ3) is 2.76. The molecule has 0 spiro atoms. The molecule has 1 aromatic carbocycles. The zero-order valence-electron chi connectivity index (χ0n) is 10.2. The van der Waals surface area contributed by atoms with Crippen LogP contribution >= 0.6 is 0 Å². The predicted molar refractivity (Wildman–Crippen MR) is 65.5 cm³/mol. The summed E-state index contributed by atoms with van der Waals surface area (Å²) in [6.07, 6.45) is 4.69. The van der Waals surface area contributed by atoms with Crippen molar-refractivity contribution >= 4 is 23.5 Å². The molecular weight excluding hydrogens is 216 g/mol. The number of rotatable bonds is 4. The fourth-order valence-electron chi connectivity index (χ4n) is 1.94. The molecule has 4 heteroatoms. The molecule has 0 bridgehead atoms. The Kier molecular flexibility index (Phi) is 4.53. The number of hydrogen-bond acceptors (Lipinski definition) is 4. The van der Waals surface area contributed by atoms with Crippen molar-refractivity contribution in [3.63, 3.8) is 0 Å². The van der Waals surface area contributed by atoms with Gasteiger partial charge in [0.1, 0.15) is 0 Å². The van der Waals surface area contributed by atoms with Crippen molar-refractivity contribution in [2.75, 3.05) is 0 Å². The quantitative estimate of drug-likeness (QED) is 0.589. The molecule has 0 fully saturated rings. The highest BCUT2D eigenvalue weighted by atomic mass is 16.1. The average Bonchev–Trinajstić information content (AvgIpc) is 2.29. The zero-order valence-corrected chi connectivity index (χ0v) is 10.2. The van der Waals surface area contributed by atoms with Crippen molar-refractivity contribution in [3.05, 3.63) is 22.8 Å². The average molecular weight is 230 g/mol. The third-order valence-electron chi connectivity index (χ3n) is 2.57. The maximum Gasteiger partial charge on any atom is 0.240 e. The first-order valence-corrected chi connectivity index (χ1v) is 5.44. The summed E-state index contributed by atoms with van der Waals surface area (Å²) in [4.78, 5) is 28.3. The molecule has 88 valence electrons. The van der Waals surface area contributed by atoms with Gasteiger partial charge in [-0.25, -0.2) is 9.59 Å². The van der Waals surface area contributed by atoms with Crippen LogP contribution in [0.25, 0.3) is 0 Å². The van der Waals surface area contributed by atoms with Gasteiger partial charge in [0.15, 0.2) is 0 Å². The van der Waals surface area contributed by atoms with Crippen LogP contribution in [-0.2, 0) is 16.0 Å². The number of isocyanates is 2. The van der Waals surface area contributed by atoms with Crippen molar-refractivity contribution in [1.29, 1.82) is 0 Å². The molecule has 0 radical (unpaired) electrons. The highest BCUT2D eigenvalue weighted by Crippen LogP contribution is 2.36. The third-order valence-corrected chi connectivity index (χ3v) is 2.57. The molecule has 0 aromatic heterocycles. The van der Waals surface area contributed by atoms with Gasteiger partial charge in [-0.15, -0.1) is 0 Å². The highest BCUT2D eigenvalue weighted by Gasteiger charge is 2.13. The smallest absolute Gasteiger partial charge is 0.211 e. The van der Waals surface area contributed by atoms with E-state index in [1.54, 1.807) is 12.2 Å². The molecule has 17 heavy (non-hydrogen) atoms. The second-order valence-corrected chi connectivity index (χ2v) is 3.84. The lowest BCUT2D eigenvalue weighted by molar-refractivity contribution is 0.564. The van der Waals surface area contributed by atoms with E-state index in [0.717, 1.165) is 23.1 Å². The van der Waals surface area contributed by atoms with Gasteiger partial charge in [0, 0.05) is 5.56 Å². The van der Waals surface area contributed by atoms with E-state index in [1.165, 1.54) is 0 Å². The lowest BCUT2D eigenvalue weighted by Crippen LogP contribution is -1.92. The summed E-state index contributed by atoms with van der Waals surface area (Å²) in [6.45, 7) is 5.76. The minimum absolute atomic E-state index is 0.571. The molecule has 0 N–H and O–H groups in total. The summed E-state index contributed by atoms with van der Waals surface area (Å²) in [6, 6.07) is 1.85. The van der Waals surface area contributed by atoms with Crippen molar-refractivity contribution < 1.29 is 9.59 Å². The number of nitrogens with zero attached hydrogens (tertiary/aromatic N) is 2. The summed E-state index contributed by atoms with van der Waals surface area (Å²) < 4.78 is 0. The minimum Gasteiger partial charge on any atom is -0.211 e. The van der Waals surface area contributed by atoms with Crippen molar-refractivity contribution in [3.8, 4) is 0 Å². The summed E-state index contributed by atoms with van der Waals surface area (Å²) in [5, 5.41) is 0. The number of carbonyl (C=O) groups excluding carboxylic acids is 2. The molecule has 0 aliphatic heterocycles. The number of aryl methyl sites for hydroxylation is 2. The Labute approximate surface area is 100 Å². The predicted octanol–water partition coefficient (Wildman–Crippen LogP) is 3.19. The maximum atomic E-state index is 10.4. The van der Waals surface area contributed by atoms with Crippen molar-refractivity contribution in [2.45, 2.75) is 33.6 Å². The molecule has 4 nitrogen and oxygen atoms in total. The van der Waals surface area contributed by atoms with E-state index in [2.05, 4.69) is 9.98 Å². The zero-order chi connectivity index (χ0) is 12.8. The van der Waals surface area contributed by atoms with Crippen LogP contribution in [0.5, 0.6) is 0 Å². The number of aliphatic imine (C=N–C) groups is 2. The van der Waals surface area contributed by atoms with Gasteiger partial charge in [-0.3, -0.25) is 0 Å². The number of benzene rings is 1. The lowest BCUT2D eigenvalue weighted by atomic mass is 9.98. The van der Waals surface area contributed by atoms with E-state index in [9.17, 15) is 9.59 Å². The topological polar surface area (TPSA) is 58.9 Å². The van der Waals surface area contributed by atoms with Gasteiger partial charge >= 0.3 is 0 Å². The van der Waals surface area contributed by atoms with E-state index < -0.39 is 0 Å². The monoisotopic (exact) mass is 230 g/mol. The molecule has 0 aliphatic rings. The van der Waals surface area contributed by atoms with Crippen LogP contribution < -0.4 is 0 Å². The van der Waals surface area contributed by atoms with Crippen LogP contribution in [-0.4, -0.2) is 12.2 Å². The van der Waals surface area contributed by atoms with Gasteiger partial charge in [-0.1, -0.05) is 19.4 Å². The first-order chi connectivity index (χ1) is 8.15. The second kappa shape index (κ2) is 5.90. The number of hydrogen-bond donors (Lipinski definition) is 0. The molecule has 0 unspecified atom stereocenters. The molecule has 1 rings (SSSR count). The normalized spacial score (nSPS) is 9.35. The van der Waals surface area contributed by atoms with Crippen LogP contribution in [0.15, 0.2) is 16.1 Å². The Morgan fingerprint density at radius 1 is 1.06 bits per heavy atom.